The number of hydrogen-bond donors (Lipinski definition) is 1. The first-order chi connectivity index (χ1) is 10.2. The van der Waals surface area contributed by atoms with Crippen molar-refractivity contribution in [2.75, 3.05) is 18.0 Å². The largest absolute Gasteiger partial charge is 0.477 e. The molecule has 21 heavy (non-hydrogen) atoms. The van der Waals surface area contributed by atoms with Crippen molar-refractivity contribution in [2.45, 2.75) is 26.2 Å². The SMILES string of the molecule is CCC1CCCN(c2cc(C(=O)O)nc3ccccc23)C1. The second-order valence-electron chi connectivity index (χ2n) is 5.71. The van der Waals surface area contributed by atoms with Gasteiger partial charge in [0.05, 0.1) is 5.52 Å². The van der Waals surface area contributed by atoms with Crippen LogP contribution in [0.2, 0.25) is 0 Å². The van der Waals surface area contributed by atoms with Gasteiger partial charge in [0.1, 0.15) is 0 Å². The fourth-order valence-electron chi connectivity index (χ4n) is 3.15. The molecule has 1 aromatic heterocycles. The van der Waals surface area contributed by atoms with Crippen molar-refractivity contribution in [1.29, 1.82) is 0 Å². The lowest BCUT2D eigenvalue weighted by molar-refractivity contribution is 0.0691. The van der Waals surface area contributed by atoms with Gasteiger partial charge < -0.3 is 10.0 Å². The number of carboxylic acids is 1. The van der Waals surface area contributed by atoms with E-state index >= 15 is 0 Å². The number of benzene rings is 1. The minimum Gasteiger partial charge on any atom is -0.477 e. The van der Waals surface area contributed by atoms with E-state index in [1.807, 2.05) is 24.3 Å². The van der Waals surface area contributed by atoms with Crippen molar-refractivity contribution in [2.24, 2.45) is 5.92 Å². The van der Waals surface area contributed by atoms with E-state index in [0.717, 1.165) is 36.1 Å². The molecule has 0 aliphatic carbocycles. The summed E-state index contributed by atoms with van der Waals surface area (Å²) in [5.41, 5.74) is 1.89. The van der Waals surface area contributed by atoms with Gasteiger partial charge in [0.25, 0.3) is 0 Å². The van der Waals surface area contributed by atoms with E-state index in [1.165, 1.54) is 12.8 Å². The van der Waals surface area contributed by atoms with Gasteiger partial charge in [-0.15, -0.1) is 0 Å². The molecular formula is C17H20N2O2. The zero-order valence-corrected chi connectivity index (χ0v) is 12.2. The highest BCUT2D eigenvalue weighted by atomic mass is 16.4. The minimum atomic E-state index is -0.967. The Morgan fingerprint density at radius 1 is 1.43 bits per heavy atom. The van der Waals surface area contributed by atoms with Gasteiger partial charge in [0.2, 0.25) is 0 Å². The van der Waals surface area contributed by atoms with Crippen molar-refractivity contribution in [3.05, 3.63) is 36.0 Å². The molecule has 0 spiro atoms. The maximum absolute atomic E-state index is 11.3. The predicted octanol–water partition coefficient (Wildman–Crippen LogP) is 3.56. The van der Waals surface area contributed by atoms with Crippen LogP contribution in [0.1, 0.15) is 36.7 Å². The van der Waals surface area contributed by atoms with Crippen LogP contribution in [0.4, 0.5) is 5.69 Å². The Balaban J connectivity index is 2.09. The topological polar surface area (TPSA) is 53.4 Å². The summed E-state index contributed by atoms with van der Waals surface area (Å²) in [5.74, 6) is -0.273. The molecule has 0 amide bonds. The van der Waals surface area contributed by atoms with Gasteiger partial charge in [-0.05, 0) is 30.9 Å². The number of para-hydroxylation sites is 1. The molecule has 4 nitrogen and oxygen atoms in total. The summed E-state index contributed by atoms with van der Waals surface area (Å²) in [4.78, 5) is 17.9. The molecule has 1 aliphatic rings. The van der Waals surface area contributed by atoms with Crippen LogP contribution in [0.5, 0.6) is 0 Å². The zero-order valence-electron chi connectivity index (χ0n) is 12.2. The Morgan fingerprint density at radius 2 is 2.24 bits per heavy atom. The first kappa shape index (κ1) is 13.9. The molecule has 1 fully saturated rings. The predicted molar refractivity (Wildman–Crippen MR) is 83.9 cm³/mol. The van der Waals surface area contributed by atoms with E-state index in [0.29, 0.717) is 5.92 Å². The molecular weight excluding hydrogens is 264 g/mol. The average molecular weight is 284 g/mol. The molecule has 2 aromatic rings. The number of hydrogen-bond acceptors (Lipinski definition) is 3. The van der Waals surface area contributed by atoms with Crippen LogP contribution >= 0.6 is 0 Å². The van der Waals surface area contributed by atoms with Crippen molar-refractivity contribution in [1.82, 2.24) is 4.98 Å². The van der Waals surface area contributed by atoms with Crippen LogP contribution in [-0.4, -0.2) is 29.1 Å². The normalized spacial score (nSPS) is 18.9. The van der Waals surface area contributed by atoms with Crippen LogP contribution in [0.25, 0.3) is 10.9 Å². The Labute approximate surface area is 124 Å². The Morgan fingerprint density at radius 3 is 3.00 bits per heavy atom. The lowest BCUT2D eigenvalue weighted by Gasteiger charge is -2.34. The molecule has 0 bridgehead atoms. The maximum Gasteiger partial charge on any atom is 0.354 e. The number of aromatic carboxylic acids is 1. The van der Waals surface area contributed by atoms with Crippen molar-refractivity contribution < 1.29 is 9.90 Å². The molecule has 4 heteroatoms. The summed E-state index contributed by atoms with van der Waals surface area (Å²) in [7, 11) is 0. The third kappa shape index (κ3) is 2.71. The lowest BCUT2D eigenvalue weighted by Crippen LogP contribution is -2.35. The molecule has 2 heterocycles. The summed E-state index contributed by atoms with van der Waals surface area (Å²) in [5, 5.41) is 10.3. The van der Waals surface area contributed by atoms with Gasteiger partial charge in [0.15, 0.2) is 5.69 Å². The van der Waals surface area contributed by atoms with E-state index in [4.69, 9.17) is 0 Å². The van der Waals surface area contributed by atoms with Gasteiger partial charge in [-0.3, -0.25) is 0 Å². The molecule has 3 rings (SSSR count). The van der Waals surface area contributed by atoms with Gasteiger partial charge in [-0.1, -0.05) is 31.5 Å². The molecule has 1 aromatic carbocycles. The molecule has 1 atom stereocenters. The number of fused-ring (bicyclic) bond motifs is 1. The second kappa shape index (κ2) is 5.72. The third-order valence-electron chi connectivity index (χ3n) is 4.35. The van der Waals surface area contributed by atoms with Crippen LogP contribution in [0.15, 0.2) is 30.3 Å². The number of aromatic nitrogens is 1. The molecule has 1 unspecified atom stereocenters. The second-order valence-corrected chi connectivity index (χ2v) is 5.71. The number of piperidine rings is 1. The van der Waals surface area contributed by atoms with Gasteiger partial charge in [0, 0.05) is 24.2 Å². The smallest absolute Gasteiger partial charge is 0.354 e. The van der Waals surface area contributed by atoms with Crippen LogP contribution in [0.3, 0.4) is 0 Å². The number of rotatable bonds is 3. The van der Waals surface area contributed by atoms with Crippen LogP contribution in [-0.2, 0) is 0 Å². The van der Waals surface area contributed by atoms with Crippen LogP contribution in [0, 0.1) is 5.92 Å². The first-order valence-corrected chi connectivity index (χ1v) is 7.57. The Bertz CT molecular complexity index is 669. The first-order valence-electron chi connectivity index (χ1n) is 7.57. The fourth-order valence-corrected chi connectivity index (χ4v) is 3.15. The summed E-state index contributed by atoms with van der Waals surface area (Å²) in [6.45, 7) is 4.22. The maximum atomic E-state index is 11.3. The molecule has 1 saturated heterocycles. The Hall–Kier alpha value is -2.10. The average Bonchev–Trinajstić information content (AvgIpc) is 2.53. The van der Waals surface area contributed by atoms with Gasteiger partial charge in [-0.25, -0.2) is 9.78 Å². The van der Waals surface area contributed by atoms with E-state index in [1.54, 1.807) is 6.07 Å². The number of carbonyl (C=O) groups is 1. The van der Waals surface area contributed by atoms with E-state index in [9.17, 15) is 9.90 Å². The summed E-state index contributed by atoms with van der Waals surface area (Å²) >= 11 is 0. The number of pyridine rings is 1. The van der Waals surface area contributed by atoms with Crippen molar-refractivity contribution in [3.63, 3.8) is 0 Å². The lowest BCUT2D eigenvalue weighted by atomic mass is 9.95. The summed E-state index contributed by atoms with van der Waals surface area (Å²) < 4.78 is 0. The van der Waals surface area contributed by atoms with E-state index in [2.05, 4.69) is 16.8 Å². The third-order valence-corrected chi connectivity index (χ3v) is 4.35. The number of anilines is 1. The molecule has 0 radical (unpaired) electrons. The van der Waals surface area contributed by atoms with Crippen LogP contribution < -0.4 is 4.90 Å². The molecule has 110 valence electrons. The quantitative estimate of drug-likeness (QED) is 0.936. The van der Waals surface area contributed by atoms with E-state index in [-0.39, 0.29) is 5.69 Å². The molecule has 0 saturated carbocycles. The molecule has 1 aliphatic heterocycles. The Kier molecular flexibility index (Phi) is 3.78. The van der Waals surface area contributed by atoms with Crippen molar-refractivity contribution in [3.8, 4) is 0 Å². The van der Waals surface area contributed by atoms with Gasteiger partial charge in [-0.2, -0.15) is 0 Å². The fraction of sp³-hybridized carbons (Fsp3) is 0.412. The van der Waals surface area contributed by atoms with Crippen molar-refractivity contribution >= 4 is 22.6 Å². The number of nitrogens with zero attached hydrogens (tertiary/aromatic N) is 2. The minimum absolute atomic E-state index is 0.127. The summed E-state index contributed by atoms with van der Waals surface area (Å²) in [6, 6.07) is 9.51. The van der Waals surface area contributed by atoms with Gasteiger partial charge >= 0.3 is 5.97 Å². The monoisotopic (exact) mass is 284 g/mol. The van der Waals surface area contributed by atoms with E-state index < -0.39 is 5.97 Å². The highest BCUT2D eigenvalue weighted by Gasteiger charge is 2.21. The standard InChI is InChI=1S/C17H20N2O2/c1-2-12-6-5-9-19(11-12)16-10-15(17(20)21)18-14-8-4-3-7-13(14)16/h3-4,7-8,10,12H,2,5-6,9,11H2,1H3,(H,20,21). The number of carboxylic acid groups (broad SMARTS) is 1. The zero-order chi connectivity index (χ0) is 14.8. The summed E-state index contributed by atoms with van der Waals surface area (Å²) in [6.07, 6.45) is 3.60. The molecule has 1 N–H and O–H groups in total. The highest BCUT2D eigenvalue weighted by Crippen LogP contribution is 2.31. The highest BCUT2D eigenvalue weighted by molar-refractivity contribution is 5.97.